The van der Waals surface area contributed by atoms with Gasteiger partial charge in [0.05, 0.1) is 17.4 Å². The van der Waals surface area contributed by atoms with E-state index in [-0.39, 0.29) is 11.0 Å². The number of benzene rings is 1. The average molecular weight is 279 g/mol. The number of rotatable bonds is 3. The van der Waals surface area contributed by atoms with Crippen LogP contribution in [-0.2, 0) is 16.6 Å². The third-order valence-electron chi connectivity index (χ3n) is 3.74. The van der Waals surface area contributed by atoms with Gasteiger partial charge in [0, 0.05) is 21.6 Å². The quantitative estimate of drug-likeness (QED) is 0.849. The summed E-state index contributed by atoms with van der Waals surface area (Å²) in [5, 5.41) is 8.88. The summed E-state index contributed by atoms with van der Waals surface area (Å²) in [7, 11) is -1.02. The molecule has 0 radical (unpaired) electrons. The van der Waals surface area contributed by atoms with Gasteiger partial charge in [0.15, 0.2) is 0 Å². The van der Waals surface area contributed by atoms with Gasteiger partial charge in [-0.3, -0.25) is 4.21 Å². The van der Waals surface area contributed by atoms with Crippen LogP contribution in [-0.4, -0.2) is 9.46 Å². The minimum atomic E-state index is -1.02. The van der Waals surface area contributed by atoms with Gasteiger partial charge in [-0.05, 0) is 30.9 Å². The molecule has 3 atom stereocenters. The van der Waals surface area contributed by atoms with Gasteiger partial charge >= 0.3 is 0 Å². The molecular formula is C15H18FNOS. The van der Waals surface area contributed by atoms with E-state index in [0.29, 0.717) is 17.0 Å². The highest BCUT2D eigenvalue weighted by molar-refractivity contribution is 7.84. The van der Waals surface area contributed by atoms with Gasteiger partial charge in [0.25, 0.3) is 0 Å². The number of hydrogen-bond acceptors (Lipinski definition) is 2. The maximum atomic E-state index is 13.8. The molecule has 0 N–H and O–H groups in total. The van der Waals surface area contributed by atoms with Crippen molar-refractivity contribution < 1.29 is 8.60 Å². The van der Waals surface area contributed by atoms with Crippen LogP contribution in [0, 0.1) is 23.1 Å². The molecule has 19 heavy (non-hydrogen) atoms. The fourth-order valence-corrected chi connectivity index (χ4v) is 4.37. The number of halogens is 1. The van der Waals surface area contributed by atoms with Crippen LogP contribution in [0.15, 0.2) is 18.2 Å². The Morgan fingerprint density at radius 3 is 2.89 bits per heavy atom. The number of nitriles is 1. The topological polar surface area (TPSA) is 40.9 Å². The van der Waals surface area contributed by atoms with Crippen LogP contribution >= 0.6 is 0 Å². The molecule has 1 saturated carbocycles. The molecule has 1 fully saturated rings. The molecule has 0 saturated heterocycles. The Morgan fingerprint density at radius 1 is 1.47 bits per heavy atom. The first kappa shape index (κ1) is 14.2. The van der Waals surface area contributed by atoms with Crippen molar-refractivity contribution in [2.75, 3.05) is 0 Å². The summed E-state index contributed by atoms with van der Waals surface area (Å²) in [6, 6.07) is 6.28. The first-order valence-electron chi connectivity index (χ1n) is 6.66. The van der Waals surface area contributed by atoms with Gasteiger partial charge in [-0.15, -0.1) is 0 Å². The molecule has 2 rings (SSSR count). The monoisotopic (exact) mass is 279 g/mol. The lowest BCUT2D eigenvalue weighted by Gasteiger charge is -2.26. The van der Waals surface area contributed by atoms with Gasteiger partial charge in [-0.25, -0.2) is 4.39 Å². The van der Waals surface area contributed by atoms with E-state index in [1.807, 2.05) is 6.07 Å². The summed E-state index contributed by atoms with van der Waals surface area (Å²) >= 11 is 0. The highest BCUT2D eigenvalue weighted by Gasteiger charge is 2.24. The second kappa shape index (κ2) is 6.29. The summed E-state index contributed by atoms with van der Waals surface area (Å²) in [4.78, 5) is 0. The molecule has 3 unspecified atom stereocenters. The molecule has 0 amide bonds. The molecule has 0 bridgehead atoms. The first-order chi connectivity index (χ1) is 9.10. The van der Waals surface area contributed by atoms with Crippen LogP contribution in [0.1, 0.15) is 43.7 Å². The summed E-state index contributed by atoms with van der Waals surface area (Å²) in [6.07, 6.45) is 4.28. The molecule has 1 aliphatic rings. The lowest BCUT2D eigenvalue weighted by atomic mass is 9.91. The Labute approximate surface area is 116 Å². The SMILES string of the molecule is CC1CCCC(S(=O)Cc2ccc(C#N)cc2F)C1. The van der Waals surface area contributed by atoms with Crippen molar-refractivity contribution in [2.45, 2.75) is 43.6 Å². The lowest BCUT2D eigenvalue weighted by Crippen LogP contribution is -2.24. The second-order valence-electron chi connectivity index (χ2n) is 5.34. The molecule has 1 aromatic carbocycles. The fraction of sp³-hybridized carbons (Fsp3) is 0.533. The van der Waals surface area contributed by atoms with Crippen LogP contribution in [0.5, 0.6) is 0 Å². The molecule has 4 heteroatoms. The Hall–Kier alpha value is -1.21. The normalized spacial score (nSPS) is 24.7. The Bertz CT molecular complexity index is 523. The van der Waals surface area contributed by atoms with Gasteiger partial charge < -0.3 is 0 Å². The minimum Gasteiger partial charge on any atom is -0.259 e. The molecule has 1 aromatic rings. The van der Waals surface area contributed by atoms with E-state index in [4.69, 9.17) is 5.26 Å². The van der Waals surface area contributed by atoms with Crippen LogP contribution in [0.3, 0.4) is 0 Å². The van der Waals surface area contributed by atoms with Crippen LogP contribution in [0.2, 0.25) is 0 Å². The second-order valence-corrected chi connectivity index (χ2v) is 7.05. The maximum Gasteiger partial charge on any atom is 0.128 e. The molecule has 2 nitrogen and oxygen atoms in total. The van der Waals surface area contributed by atoms with Crippen molar-refractivity contribution in [3.63, 3.8) is 0 Å². The van der Waals surface area contributed by atoms with Crippen LogP contribution < -0.4 is 0 Å². The van der Waals surface area contributed by atoms with Crippen molar-refractivity contribution in [2.24, 2.45) is 5.92 Å². The van der Waals surface area contributed by atoms with Gasteiger partial charge in [0.2, 0.25) is 0 Å². The van der Waals surface area contributed by atoms with Crippen molar-refractivity contribution in [1.82, 2.24) is 0 Å². The highest BCUT2D eigenvalue weighted by atomic mass is 32.2. The summed E-state index contributed by atoms with van der Waals surface area (Å²) < 4.78 is 26.1. The van der Waals surface area contributed by atoms with E-state index in [0.717, 1.165) is 19.3 Å². The van der Waals surface area contributed by atoms with Crippen molar-refractivity contribution in [3.05, 3.63) is 35.1 Å². The maximum absolute atomic E-state index is 13.8. The first-order valence-corrected chi connectivity index (χ1v) is 8.04. The van der Waals surface area contributed by atoms with Crippen LogP contribution in [0.25, 0.3) is 0 Å². The predicted molar refractivity (Wildman–Crippen MR) is 74.4 cm³/mol. The fourth-order valence-electron chi connectivity index (χ4n) is 2.62. The third-order valence-corrected chi connectivity index (χ3v) is 5.51. The highest BCUT2D eigenvalue weighted by Crippen LogP contribution is 2.28. The number of nitrogens with zero attached hydrogens (tertiary/aromatic N) is 1. The van der Waals surface area contributed by atoms with E-state index in [1.165, 1.54) is 12.5 Å². The zero-order chi connectivity index (χ0) is 13.8. The minimum absolute atomic E-state index is 0.193. The van der Waals surface area contributed by atoms with E-state index in [9.17, 15) is 8.60 Å². The smallest absolute Gasteiger partial charge is 0.128 e. The summed E-state index contributed by atoms with van der Waals surface area (Å²) in [6.45, 7) is 2.19. The molecule has 0 heterocycles. The van der Waals surface area contributed by atoms with Crippen molar-refractivity contribution >= 4 is 10.8 Å². The molecule has 0 aromatic heterocycles. The molecule has 0 aliphatic heterocycles. The molecule has 0 spiro atoms. The van der Waals surface area contributed by atoms with E-state index in [1.54, 1.807) is 12.1 Å². The zero-order valence-electron chi connectivity index (χ0n) is 11.1. The Kier molecular flexibility index (Phi) is 4.71. The lowest BCUT2D eigenvalue weighted by molar-refractivity contribution is 0.389. The average Bonchev–Trinajstić information content (AvgIpc) is 2.41. The Morgan fingerprint density at radius 2 is 2.26 bits per heavy atom. The molecule has 1 aliphatic carbocycles. The van der Waals surface area contributed by atoms with Gasteiger partial charge in [-0.2, -0.15) is 5.26 Å². The van der Waals surface area contributed by atoms with Gasteiger partial charge in [0.1, 0.15) is 5.82 Å². The Balaban J connectivity index is 2.04. The standard InChI is InChI=1S/C15H18FNOS/c1-11-3-2-4-14(7-11)19(18)10-13-6-5-12(9-17)8-15(13)16/h5-6,8,11,14H,2-4,7,10H2,1H3. The van der Waals surface area contributed by atoms with Crippen LogP contribution in [0.4, 0.5) is 4.39 Å². The largest absolute Gasteiger partial charge is 0.259 e. The van der Waals surface area contributed by atoms with E-state index < -0.39 is 16.6 Å². The van der Waals surface area contributed by atoms with Gasteiger partial charge in [-0.1, -0.05) is 25.8 Å². The summed E-state index contributed by atoms with van der Waals surface area (Å²) in [5.74, 6) is 0.458. The van der Waals surface area contributed by atoms with Crippen molar-refractivity contribution in [3.8, 4) is 6.07 Å². The van der Waals surface area contributed by atoms with E-state index in [2.05, 4.69) is 6.92 Å². The molecule has 102 valence electrons. The summed E-state index contributed by atoms with van der Waals surface area (Å²) in [5.41, 5.74) is 0.758. The number of hydrogen-bond donors (Lipinski definition) is 0. The van der Waals surface area contributed by atoms with Crippen molar-refractivity contribution in [1.29, 1.82) is 5.26 Å². The van der Waals surface area contributed by atoms with E-state index >= 15 is 0 Å². The predicted octanol–water partition coefficient (Wildman–Crippen LogP) is 3.52. The zero-order valence-corrected chi connectivity index (χ0v) is 11.9. The third kappa shape index (κ3) is 3.63. The molecular weight excluding hydrogens is 261 g/mol.